The first-order chi connectivity index (χ1) is 5.31. The fourth-order valence-electron chi connectivity index (χ4n) is 2.61. The van der Waals surface area contributed by atoms with Crippen LogP contribution >= 0.6 is 0 Å². The summed E-state index contributed by atoms with van der Waals surface area (Å²) in [4.78, 5) is 20.9. The summed E-state index contributed by atoms with van der Waals surface area (Å²) in [5.41, 5.74) is 0. The Morgan fingerprint density at radius 1 is 1.27 bits per heavy atom. The third-order valence-corrected chi connectivity index (χ3v) is 3.15. The Labute approximate surface area is 65.1 Å². The van der Waals surface area contributed by atoms with Crippen LogP contribution in [0.3, 0.4) is 0 Å². The first-order valence-corrected chi connectivity index (χ1v) is 4.18. The van der Waals surface area contributed by atoms with Crippen LogP contribution in [0.5, 0.6) is 0 Å². The quantitative estimate of drug-likeness (QED) is 0.538. The maximum atomic E-state index is 10.9. The van der Waals surface area contributed by atoms with E-state index in [0.717, 1.165) is 25.2 Å². The number of amides is 1. The van der Waals surface area contributed by atoms with Crippen molar-refractivity contribution < 1.29 is 4.79 Å². The summed E-state index contributed by atoms with van der Waals surface area (Å²) in [6.07, 6.45) is 4.48. The van der Waals surface area contributed by atoms with Crippen LogP contribution in [0, 0.1) is 22.7 Å². The Kier molecular flexibility index (Phi) is 1.51. The van der Waals surface area contributed by atoms with Crippen molar-refractivity contribution in [2.45, 2.75) is 25.7 Å². The molecule has 11 heavy (non-hydrogen) atoms. The summed E-state index contributed by atoms with van der Waals surface area (Å²) in [5.74, 6) is 0.796. The zero-order valence-corrected chi connectivity index (χ0v) is 6.32. The van der Waals surface area contributed by atoms with Crippen molar-refractivity contribution in [2.75, 3.05) is 0 Å². The molecule has 3 atom stereocenters. The molecule has 0 spiro atoms. The summed E-state index contributed by atoms with van der Waals surface area (Å²) in [7, 11) is 0. The molecule has 60 valence electrons. The van der Waals surface area contributed by atoms with Gasteiger partial charge in [-0.05, 0) is 31.1 Å². The average Bonchev–Trinajstić information content (AvgIpc) is 2.62. The van der Waals surface area contributed by atoms with E-state index in [-0.39, 0.29) is 5.92 Å². The van der Waals surface area contributed by atoms with Gasteiger partial charge in [0.1, 0.15) is 0 Å². The van der Waals surface area contributed by atoms with Crippen LogP contribution in [-0.2, 0) is 4.79 Å². The highest BCUT2D eigenvalue weighted by atomic mass is 16.3. The van der Waals surface area contributed by atoms with Crippen molar-refractivity contribution in [1.82, 2.24) is 0 Å². The molecule has 0 aromatic heterocycles. The van der Waals surface area contributed by atoms with Gasteiger partial charge < -0.3 is 0 Å². The number of hydrogen-bond donors (Lipinski definition) is 0. The highest BCUT2D eigenvalue weighted by Gasteiger charge is 2.43. The summed E-state index contributed by atoms with van der Waals surface area (Å²) in [6, 6.07) is 0. The highest BCUT2D eigenvalue weighted by Crippen LogP contribution is 2.48. The topological polar surface area (TPSA) is 46.5 Å². The van der Waals surface area contributed by atoms with Crippen molar-refractivity contribution in [1.29, 1.82) is 0 Å². The molecule has 1 amide bonds. The molecule has 2 saturated carbocycles. The number of rotatable bonds is 1. The molecule has 2 bridgehead atoms. The van der Waals surface area contributed by atoms with Crippen molar-refractivity contribution in [3.05, 3.63) is 4.91 Å². The summed E-state index contributed by atoms with van der Waals surface area (Å²) >= 11 is 0. The van der Waals surface area contributed by atoms with Crippen LogP contribution in [0.4, 0.5) is 0 Å². The Balaban J connectivity index is 2.07. The molecule has 2 fully saturated rings. The Bertz CT molecular complexity index is 202. The van der Waals surface area contributed by atoms with Gasteiger partial charge in [-0.15, -0.1) is 4.91 Å². The number of nitroso groups, excluding NO2 is 1. The highest BCUT2D eigenvalue weighted by molar-refractivity contribution is 5.80. The predicted molar refractivity (Wildman–Crippen MR) is 39.7 cm³/mol. The second-order valence-electron chi connectivity index (χ2n) is 3.71. The van der Waals surface area contributed by atoms with Gasteiger partial charge in [0.25, 0.3) is 5.91 Å². The first-order valence-electron chi connectivity index (χ1n) is 4.18. The lowest BCUT2D eigenvalue weighted by Crippen LogP contribution is -2.18. The van der Waals surface area contributed by atoms with Crippen molar-refractivity contribution >= 4 is 5.91 Å². The number of nitrogens with zero attached hydrogens (tertiary/aromatic N) is 1. The lowest BCUT2D eigenvalue weighted by molar-refractivity contribution is -0.123. The monoisotopic (exact) mass is 153 g/mol. The molecular formula is C8H11NO2. The van der Waals surface area contributed by atoms with Crippen LogP contribution in [0.15, 0.2) is 5.18 Å². The molecule has 3 heteroatoms. The number of fused-ring (bicyclic) bond motifs is 2. The van der Waals surface area contributed by atoms with E-state index in [1.807, 2.05) is 0 Å². The maximum Gasteiger partial charge on any atom is 0.289 e. The van der Waals surface area contributed by atoms with Gasteiger partial charge in [0.05, 0.1) is 0 Å². The maximum absolute atomic E-state index is 10.9. The van der Waals surface area contributed by atoms with E-state index in [2.05, 4.69) is 5.18 Å². The van der Waals surface area contributed by atoms with E-state index in [0.29, 0.717) is 5.92 Å². The lowest BCUT2D eigenvalue weighted by Gasteiger charge is -2.16. The zero-order valence-electron chi connectivity index (χ0n) is 6.32. The van der Waals surface area contributed by atoms with Crippen LogP contribution in [0.25, 0.3) is 0 Å². The standard InChI is InChI=1S/C8H11NO2/c10-8(9-11)7-4-5-1-2-6(7)3-5/h5-7H,1-4H2. The molecule has 0 radical (unpaired) electrons. The van der Waals surface area contributed by atoms with Crippen molar-refractivity contribution in [3.63, 3.8) is 0 Å². The van der Waals surface area contributed by atoms with Gasteiger partial charge in [0.2, 0.25) is 0 Å². The number of carbonyl (C=O) groups is 1. The van der Waals surface area contributed by atoms with Crippen LogP contribution < -0.4 is 0 Å². The fraction of sp³-hybridized carbons (Fsp3) is 0.875. The minimum absolute atomic E-state index is 0.00810. The zero-order chi connectivity index (χ0) is 7.84. The minimum atomic E-state index is -0.405. The van der Waals surface area contributed by atoms with E-state index in [4.69, 9.17) is 0 Å². The molecular weight excluding hydrogens is 142 g/mol. The second kappa shape index (κ2) is 2.40. The van der Waals surface area contributed by atoms with Crippen molar-refractivity contribution in [3.8, 4) is 0 Å². The van der Waals surface area contributed by atoms with E-state index in [1.165, 1.54) is 6.42 Å². The Hall–Kier alpha value is -0.730. The van der Waals surface area contributed by atoms with Gasteiger partial charge in [-0.3, -0.25) is 4.79 Å². The molecule has 2 rings (SSSR count). The summed E-state index contributed by atoms with van der Waals surface area (Å²) in [6.45, 7) is 0. The lowest BCUT2D eigenvalue weighted by atomic mass is 9.88. The van der Waals surface area contributed by atoms with E-state index >= 15 is 0 Å². The molecule has 2 aliphatic rings. The predicted octanol–water partition coefficient (Wildman–Crippen LogP) is 1.72. The molecule has 0 heterocycles. The van der Waals surface area contributed by atoms with Gasteiger partial charge in [0, 0.05) is 11.1 Å². The third-order valence-electron chi connectivity index (χ3n) is 3.15. The van der Waals surface area contributed by atoms with E-state index in [9.17, 15) is 9.70 Å². The van der Waals surface area contributed by atoms with E-state index in [1.54, 1.807) is 0 Å². The summed E-state index contributed by atoms with van der Waals surface area (Å²) < 4.78 is 0. The molecule has 3 unspecified atom stereocenters. The van der Waals surface area contributed by atoms with Crippen LogP contribution in [-0.4, -0.2) is 5.91 Å². The average molecular weight is 153 g/mol. The molecule has 2 aliphatic carbocycles. The molecule has 0 aromatic carbocycles. The Morgan fingerprint density at radius 3 is 2.55 bits per heavy atom. The Morgan fingerprint density at radius 2 is 2.09 bits per heavy atom. The van der Waals surface area contributed by atoms with Crippen molar-refractivity contribution in [2.24, 2.45) is 22.9 Å². The van der Waals surface area contributed by atoms with E-state index < -0.39 is 5.91 Å². The molecule has 0 aromatic rings. The van der Waals surface area contributed by atoms with Crippen LogP contribution in [0.2, 0.25) is 0 Å². The smallest absolute Gasteiger partial charge is 0.269 e. The molecule has 0 N–H and O–H groups in total. The fourth-order valence-corrected chi connectivity index (χ4v) is 2.61. The molecule has 3 nitrogen and oxygen atoms in total. The molecule has 0 aliphatic heterocycles. The van der Waals surface area contributed by atoms with Gasteiger partial charge in [-0.25, -0.2) is 0 Å². The number of hydrogen-bond acceptors (Lipinski definition) is 2. The van der Waals surface area contributed by atoms with Crippen LogP contribution in [0.1, 0.15) is 25.7 Å². The SMILES string of the molecule is O=NC(=O)C1CC2CCC1C2. The first kappa shape index (κ1) is 6.95. The number of carbonyl (C=O) groups excluding carboxylic acids is 1. The summed E-state index contributed by atoms with van der Waals surface area (Å²) in [5, 5.41) is 2.50. The minimum Gasteiger partial charge on any atom is -0.269 e. The second-order valence-corrected chi connectivity index (χ2v) is 3.71. The third kappa shape index (κ3) is 0.988. The van der Waals surface area contributed by atoms with Gasteiger partial charge in [-0.1, -0.05) is 6.42 Å². The molecule has 0 saturated heterocycles. The van der Waals surface area contributed by atoms with Gasteiger partial charge in [-0.2, -0.15) is 0 Å². The largest absolute Gasteiger partial charge is 0.289 e. The normalized spacial score (nSPS) is 40.9. The van der Waals surface area contributed by atoms with Gasteiger partial charge >= 0.3 is 0 Å². The van der Waals surface area contributed by atoms with Gasteiger partial charge in [0.15, 0.2) is 0 Å².